The van der Waals surface area contributed by atoms with E-state index in [4.69, 9.17) is 19.0 Å². The molecule has 1 atom stereocenters. The van der Waals surface area contributed by atoms with Crippen molar-refractivity contribution in [3.8, 4) is 0 Å². The van der Waals surface area contributed by atoms with Crippen LogP contribution in [0.3, 0.4) is 0 Å². The molecule has 116 valence electrons. The molecular weight excluding hydrogens is 287 g/mol. The van der Waals surface area contributed by atoms with Crippen LogP contribution in [0.2, 0.25) is 0 Å². The molecule has 0 aromatic heterocycles. The Morgan fingerprint density at radius 3 is 2.65 bits per heavy atom. The van der Waals surface area contributed by atoms with Gasteiger partial charge in [-0.15, -0.1) is 0 Å². The number of nitrogens with one attached hydrogen (secondary N) is 1. The van der Waals surface area contributed by atoms with Gasteiger partial charge in [0.25, 0.3) is 5.91 Å². The summed E-state index contributed by atoms with van der Waals surface area (Å²) in [7, 11) is 0.895. The first-order valence-corrected chi connectivity index (χ1v) is 7.04. The van der Waals surface area contributed by atoms with Crippen LogP contribution in [0.25, 0.3) is 0 Å². The first-order valence-electron chi connectivity index (χ1n) is 5.87. The van der Waals surface area contributed by atoms with Crippen molar-refractivity contribution in [3.63, 3.8) is 0 Å². The minimum Gasteiger partial charge on any atom is -0.380 e. The Morgan fingerprint density at radius 2 is 2.15 bits per heavy atom. The SMILES string of the molecule is COC(CCN(C)/C=C(/C)C(=O)NC=O)COP(O)O. The summed E-state index contributed by atoms with van der Waals surface area (Å²) in [6, 6.07) is 0. The van der Waals surface area contributed by atoms with Gasteiger partial charge in [0.15, 0.2) is 0 Å². The van der Waals surface area contributed by atoms with Gasteiger partial charge in [0.2, 0.25) is 6.41 Å². The van der Waals surface area contributed by atoms with E-state index in [1.165, 1.54) is 7.11 Å². The van der Waals surface area contributed by atoms with E-state index < -0.39 is 14.5 Å². The maximum Gasteiger partial charge on any atom is 0.327 e. The lowest BCUT2D eigenvalue weighted by Gasteiger charge is -2.20. The van der Waals surface area contributed by atoms with Crippen LogP contribution in [0.5, 0.6) is 0 Å². The topological polar surface area (TPSA) is 108 Å². The molecule has 0 aliphatic carbocycles. The lowest BCUT2D eigenvalue weighted by atomic mass is 10.2. The van der Waals surface area contributed by atoms with Gasteiger partial charge in [-0.1, -0.05) is 0 Å². The van der Waals surface area contributed by atoms with Gasteiger partial charge < -0.3 is 23.9 Å². The number of amides is 2. The van der Waals surface area contributed by atoms with Gasteiger partial charge in [0, 0.05) is 32.5 Å². The molecule has 0 fully saturated rings. The molecule has 0 saturated carbocycles. The fourth-order valence-corrected chi connectivity index (χ4v) is 1.69. The van der Waals surface area contributed by atoms with Crippen molar-refractivity contribution >= 4 is 20.9 Å². The molecule has 0 saturated heterocycles. The summed E-state index contributed by atoms with van der Waals surface area (Å²) >= 11 is 0. The van der Waals surface area contributed by atoms with Gasteiger partial charge in [-0.25, -0.2) is 0 Å². The minimum atomic E-state index is -2.38. The van der Waals surface area contributed by atoms with Crippen molar-refractivity contribution in [2.45, 2.75) is 19.4 Å². The second-order valence-corrected chi connectivity index (χ2v) is 4.84. The maximum atomic E-state index is 11.3. The molecule has 0 aromatic carbocycles. The van der Waals surface area contributed by atoms with Crippen LogP contribution < -0.4 is 5.32 Å². The zero-order chi connectivity index (χ0) is 15.5. The molecule has 1 unspecified atom stereocenters. The van der Waals surface area contributed by atoms with E-state index in [-0.39, 0.29) is 12.7 Å². The van der Waals surface area contributed by atoms with E-state index >= 15 is 0 Å². The average molecular weight is 308 g/mol. The van der Waals surface area contributed by atoms with Crippen molar-refractivity contribution < 1.29 is 28.6 Å². The van der Waals surface area contributed by atoms with E-state index in [0.29, 0.717) is 24.9 Å². The number of ether oxygens (including phenoxy) is 1. The normalized spacial score (nSPS) is 13.2. The fraction of sp³-hybridized carbons (Fsp3) is 0.636. The lowest BCUT2D eigenvalue weighted by Crippen LogP contribution is -2.26. The van der Waals surface area contributed by atoms with Crippen molar-refractivity contribution in [1.82, 2.24) is 10.2 Å². The van der Waals surface area contributed by atoms with Gasteiger partial charge in [-0.2, -0.15) is 0 Å². The summed E-state index contributed by atoms with van der Waals surface area (Å²) < 4.78 is 9.82. The Morgan fingerprint density at radius 1 is 1.50 bits per heavy atom. The van der Waals surface area contributed by atoms with E-state index in [1.54, 1.807) is 25.1 Å². The van der Waals surface area contributed by atoms with E-state index in [0.717, 1.165) is 0 Å². The van der Waals surface area contributed by atoms with Gasteiger partial charge in [0.1, 0.15) is 0 Å². The molecule has 0 rings (SSSR count). The van der Waals surface area contributed by atoms with Crippen LogP contribution in [0.15, 0.2) is 11.8 Å². The highest BCUT2D eigenvalue weighted by molar-refractivity contribution is 7.39. The molecule has 0 aliphatic heterocycles. The van der Waals surface area contributed by atoms with Crippen LogP contribution in [-0.2, 0) is 18.8 Å². The first-order chi connectivity index (χ1) is 9.40. The molecule has 2 amide bonds. The summed E-state index contributed by atoms with van der Waals surface area (Å²) in [4.78, 5) is 40.5. The summed E-state index contributed by atoms with van der Waals surface area (Å²) in [5.41, 5.74) is 0.402. The summed E-state index contributed by atoms with van der Waals surface area (Å²) in [5, 5.41) is 2.05. The number of hydrogen-bond acceptors (Lipinski definition) is 7. The molecule has 20 heavy (non-hydrogen) atoms. The van der Waals surface area contributed by atoms with Crippen LogP contribution in [0, 0.1) is 0 Å². The van der Waals surface area contributed by atoms with Crippen LogP contribution in [0.4, 0.5) is 0 Å². The predicted octanol–water partition coefficient (Wildman–Crippen LogP) is -0.272. The molecular formula is C11H21N2O6P. The number of carbonyl (C=O) groups excluding carboxylic acids is 2. The average Bonchev–Trinajstić information content (AvgIpc) is 2.38. The third kappa shape index (κ3) is 8.95. The molecule has 3 N–H and O–H groups in total. The molecule has 0 aliphatic rings. The number of hydrogen-bond donors (Lipinski definition) is 3. The largest absolute Gasteiger partial charge is 0.380 e. The smallest absolute Gasteiger partial charge is 0.327 e. The molecule has 0 spiro atoms. The van der Waals surface area contributed by atoms with Crippen molar-refractivity contribution in [2.24, 2.45) is 0 Å². The lowest BCUT2D eigenvalue weighted by molar-refractivity contribution is -0.122. The Bertz CT molecular complexity index is 337. The Kier molecular flexibility index (Phi) is 10.1. The predicted molar refractivity (Wildman–Crippen MR) is 73.3 cm³/mol. The number of imide groups is 1. The van der Waals surface area contributed by atoms with Crippen LogP contribution >= 0.6 is 8.60 Å². The zero-order valence-corrected chi connectivity index (χ0v) is 12.7. The second-order valence-electron chi connectivity index (χ2n) is 4.08. The molecule has 0 aromatic rings. The van der Waals surface area contributed by atoms with Gasteiger partial charge in [-0.3, -0.25) is 14.9 Å². The highest BCUT2D eigenvalue weighted by atomic mass is 31.2. The minimum absolute atomic E-state index is 0.0807. The molecule has 9 heteroatoms. The molecule has 8 nitrogen and oxygen atoms in total. The number of methoxy groups -OCH3 is 1. The Balaban J connectivity index is 4.18. The summed E-state index contributed by atoms with van der Waals surface area (Å²) in [6.45, 7) is 2.25. The number of rotatable bonds is 10. The quantitative estimate of drug-likeness (QED) is 0.289. The van der Waals surface area contributed by atoms with Crippen LogP contribution in [-0.4, -0.2) is 60.4 Å². The Hall–Kier alpha value is -1.05. The Labute approximate surface area is 119 Å². The first kappa shape index (κ1) is 18.9. The monoisotopic (exact) mass is 308 g/mol. The third-order valence-corrected chi connectivity index (χ3v) is 2.86. The molecule has 0 heterocycles. The number of nitrogens with zero attached hydrogens (tertiary/aromatic N) is 1. The fourth-order valence-electron chi connectivity index (χ4n) is 1.39. The number of carbonyl (C=O) groups is 2. The van der Waals surface area contributed by atoms with Crippen molar-refractivity contribution in [1.29, 1.82) is 0 Å². The molecule has 0 bridgehead atoms. The van der Waals surface area contributed by atoms with E-state index in [9.17, 15) is 9.59 Å². The highest BCUT2D eigenvalue weighted by Crippen LogP contribution is 2.24. The van der Waals surface area contributed by atoms with Gasteiger partial charge in [-0.05, 0) is 13.3 Å². The standard InChI is InChI=1S/C11H21N2O6P/c1-9(11(15)12-8-14)6-13(2)5-4-10(18-3)7-19-20(16)17/h6,8,10,16-17H,4-5,7H2,1-3H3,(H,12,14,15)/b9-6-. The van der Waals surface area contributed by atoms with Crippen molar-refractivity contribution in [3.05, 3.63) is 11.8 Å². The van der Waals surface area contributed by atoms with Gasteiger partial charge >= 0.3 is 8.60 Å². The van der Waals surface area contributed by atoms with Crippen molar-refractivity contribution in [2.75, 3.05) is 27.3 Å². The molecule has 0 radical (unpaired) electrons. The second kappa shape index (κ2) is 10.7. The zero-order valence-electron chi connectivity index (χ0n) is 11.8. The van der Waals surface area contributed by atoms with E-state index in [2.05, 4.69) is 0 Å². The highest BCUT2D eigenvalue weighted by Gasteiger charge is 2.11. The third-order valence-electron chi connectivity index (χ3n) is 2.48. The van der Waals surface area contributed by atoms with Crippen LogP contribution in [0.1, 0.15) is 13.3 Å². The maximum absolute atomic E-state index is 11.3. The summed E-state index contributed by atoms with van der Waals surface area (Å²) in [6.07, 6.45) is 2.24. The van der Waals surface area contributed by atoms with E-state index in [1.807, 2.05) is 5.32 Å². The van der Waals surface area contributed by atoms with Gasteiger partial charge in [0.05, 0.1) is 12.7 Å². The summed E-state index contributed by atoms with van der Waals surface area (Å²) in [5.74, 6) is -0.454.